The highest BCUT2D eigenvalue weighted by molar-refractivity contribution is 9.11. The van der Waals surface area contributed by atoms with E-state index in [1.807, 2.05) is 20.8 Å². The summed E-state index contributed by atoms with van der Waals surface area (Å²) in [6.07, 6.45) is 0. The van der Waals surface area contributed by atoms with E-state index in [2.05, 4.69) is 24.3 Å². The smallest absolute Gasteiger partial charge is 0.352 e. The molecule has 1 aliphatic heterocycles. The molecule has 6 heteroatoms. The third-order valence-electron chi connectivity index (χ3n) is 1.22. The Morgan fingerprint density at radius 2 is 1.75 bits per heavy atom. The highest BCUT2D eigenvalue weighted by Crippen LogP contribution is 2.38. The van der Waals surface area contributed by atoms with Gasteiger partial charge in [0.2, 0.25) is 4.67 Å². The number of halogens is 1. The summed E-state index contributed by atoms with van der Waals surface area (Å²) in [7, 11) is -3.85. The Balaban J connectivity index is 3.03. The van der Waals surface area contributed by atoms with Gasteiger partial charge in [-0.2, -0.15) is 0 Å². The van der Waals surface area contributed by atoms with E-state index in [1.165, 1.54) is 0 Å². The molecule has 0 fully saturated rings. The van der Waals surface area contributed by atoms with Crippen LogP contribution in [0, 0.1) is 5.41 Å². The molecule has 0 unspecified atom stereocenters. The molecule has 1 aliphatic rings. The molecule has 0 aromatic rings. The standard InChI is InChI=1S/C6H9BrO4S/c1-6(2,3)4-5(7)11-12(8,9)10-4/h1-3H3. The van der Waals surface area contributed by atoms with Gasteiger partial charge in [0.1, 0.15) is 0 Å². The predicted molar refractivity (Wildman–Crippen MR) is 46.5 cm³/mol. The van der Waals surface area contributed by atoms with E-state index < -0.39 is 10.4 Å². The maximum atomic E-state index is 10.8. The minimum atomic E-state index is -3.85. The lowest BCUT2D eigenvalue weighted by Crippen LogP contribution is -2.11. The first-order valence-electron chi connectivity index (χ1n) is 3.26. The number of allylic oxidation sites excluding steroid dienone is 1. The second-order valence-corrected chi connectivity index (χ2v) is 5.30. The van der Waals surface area contributed by atoms with Gasteiger partial charge in [0.05, 0.1) is 0 Å². The first-order valence-corrected chi connectivity index (χ1v) is 5.39. The number of rotatable bonds is 0. The summed E-state index contributed by atoms with van der Waals surface area (Å²) in [5.74, 6) is 0.294. The van der Waals surface area contributed by atoms with Crippen LogP contribution in [0.5, 0.6) is 0 Å². The van der Waals surface area contributed by atoms with E-state index in [4.69, 9.17) is 0 Å². The summed E-state index contributed by atoms with van der Waals surface area (Å²) in [4.78, 5) is 0. The average Bonchev–Trinajstić information content (AvgIpc) is 2.03. The molecule has 0 saturated carbocycles. The van der Waals surface area contributed by atoms with Crippen molar-refractivity contribution < 1.29 is 16.8 Å². The molecule has 1 heterocycles. The van der Waals surface area contributed by atoms with Gasteiger partial charge in [-0.25, -0.2) is 0 Å². The van der Waals surface area contributed by atoms with Crippen LogP contribution in [-0.2, 0) is 18.8 Å². The molecule has 0 spiro atoms. The number of hydrogen-bond acceptors (Lipinski definition) is 4. The van der Waals surface area contributed by atoms with Gasteiger partial charge >= 0.3 is 10.4 Å². The van der Waals surface area contributed by atoms with Crippen molar-refractivity contribution in [3.05, 3.63) is 10.4 Å². The molecule has 0 aromatic heterocycles. The molecule has 0 bridgehead atoms. The predicted octanol–water partition coefficient (Wildman–Crippen LogP) is 1.89. The zero-order chi connectivity index (χ0) is 9.57. The number of hydrogen-bond donors (Lipinski definition) is 0. The van der Waals surface area contributed by atoms with Crippen molar-refractivity contribution in [1.29, 1.82) is 0 Å². The topological polar surface area (TPSA) is 52.6 Å². The molecular formula is C6H9BrO4S. The highest BCUT2D eigenvalue weighted by atomic mass is 79.9. The quantitative estimate of drug-likeness (QED) is 0.665. The molecule has 0 atom stereocenters. The summed E-state index contributed by atoms with van der Waals surface area (Å²) < 4.78 is 30.7. The van der Waals surface area contributed by atoms with Gasteiger partial charge in [-0.05, 0) is 15.9 Å². The second kappa shape index (κ2) is 2.63. The molecular weight excluding hydrogens is 248 g/mol. The zero-order valence-electron chi connectivity index (χ0n) is 6.92. The third-order valence-corrected chi connectivity index (χ3v) is 2.70. The molecule has 0 aliphatic carbocycles. The van der Waals surface area contributed by atoms with Gasteiger partial charge in [-0.15, -0.1) is 8.42 Å². The zero-order valence-corrected chi connectivity index (χ0v) is 9.32. The van der Waals surface area contributed by atoms with Gasteiger partial charge in [-0.3, -0.25) is 0 Å². The van der Waals surface area contributed by atoms with Gasteiger partial charge in [0.25, 0.3) is 0 Å². The van der Waals surface area contributed by atoms with Gasteiger partial charge in [0, 0.05) is 5.41 Å². The normalized spacial score (nSPS) is 22.0. The molecule has 0 radical (unpaired) electrons. The molecule has 0 N–H and O–H groups in total. The first kappa shape index (κ1) is 9.85. The molecule has 4 nitrogen and oxygen atoms in total. The summed E-state index contributed by atoms with van der Waals surface area (Å²) in [6, 6.07) is 0. The lowest BCUT2D eigenvalue weighted by molar-refractivity contribution is 0.298. The lowest BCUT2D eigenvalue weighted by Gasteiger charge is -2.15. The summed E-state index contributed by atoms with van der Waals surface area (Å²) >= 11 is 2.97. The fraction of sp³-hybridized carbons (Fsp3) is 0.667. The van der Waals surface area contributed by atoms with Crippen molar-refractivity contribution in [3.8, 4) is 0 Å². The van der Waals surface area contributed by atoms with Crippen LogP contribution >= 0.6 is 15.9 Å². The van der Waals surface area contributed by atoms with Crippen molar-refractivity contribution in [3.63, 3.8) is 0 Å². The van der Waals surface area contributed by atoms with E-state index in [0.717, 1.165) is 0 Å². The lowest BCUT2D eigenvalue weighted by atomic mass is 9.95. The Morgan fingerprint density at radius 1 is 1.25 bits per heavy atom. The molecule has 0 amide bonds. The maximum absolute atomic E-state index is 10.8. The van der Waals surface area contributed by atoms with E-state index >= 15 is 0 Å². The summed E-state index contributed by atoms with van der Waals surface area (Å²) in [6.45, 7) is 5.48. The van der Waals surface area contributed by atoms with Gasteiger partial charge in [-0.1, -0.05) is 20.8 Å². The van der Waals surface area contributed by atoms with Crippen LogP contribution in [0.3, 0.4) is 0 Å². The monoisotopic (exact) mass is 256 g/mol. The van der Waals surface area contributed by atoms with Gasteiger partial charge in [0.15, 0.2) is 5.76 Å². The summed E-state index contributed by atoms with van der Waals surface area (Å²) in [5.41, 5.74) is -0.387. The fourth-order valence-electron chi connectivity index (χ4n) is 0.699. The Bertz CT molecular complexity index is 322. The van der Waals surface area contributed by atoms with E-state index in [-0.39, 0.29) is 10.1 Å². The maximum Gasteiger partial charge on any atom is 0.501 e. The first-order chi connectivity index (χ1) is 5.22. The minimum Gasteiger partial charge on any atom is -0.352 e. The SMILES string of the molecule is CC(C)(C)C1=C(Br)OS(=O)(=O)O1. The second-order valence-electron chi connectivity index (χ2n) is 3.43. The van der Waals surface area contributed by atoms with Crippen LogP contribution in [0.1, 0.15) is 20.8 Å². The van der Waals surface area contributed by atoms with Crippen LogP contribution in [-0.4, -0.2) is 8.42 Å². The van der Waals surface area contributed by atoms with Crippen LogP contribution in [0.15, 0.2) is 10.4 Å². The van der Waals surface area contributed by atoms with Crippen molar-refractivity contribution >= 4 is 26.3 Å². The van der Waals surface area contributed by atoms with Crippen LogP contribution < -0.4 is 0 Å². The molecule has 0 aromatic carbocycles. The van der Waals surface area contributed by atoms with Crippen LogP contribution in [0.2, 0.25) is 0 Å². The van der Waals surface area contributed by atoms with Gasteiger partial charge < -0.3 is 8.37 Å². The highest BCUT2D eigenvalue weighted by Gasteiger charge is 2.36. The Hall–Kier alpha value is -0.230. The third kappa shape index (κ3) is 1.92. The van der Waals surface area contributed by atoms with E-state index in [9.17, 15) is 8.42 Å². The van der Waals surface area contributed by atoms with E-state index in [1.54, 1.807) is 0 Å². The molecule has 0 saturated heterocycles. The van der Waals surface area contributed by atoms with Crippen LogP contribution in [0.25, 0.3) is 0 Å². The summed E-state index contributed by atoms with van der Waals surface area (Å²) in [5, 5.41) is 0. The van der Waals surface area contributed by atoms with Crippen molar-refractivity contribution in [2.45, 2.75) is 20.8 Å². The van der Waals surface area contributed by atoms with E-state index in [0.29, 0.717) is 5.76 Å². The Kier molecular flexibility index (Phi) is 2.16. The molecule has 70 valence electrons. The van der Waals surface area contributed by atoms with Crippen molar-refractivity contribution in [2.75, 3.05) is 0 Å². The molecule has 1 rings (SSSR count). The molecule has 12 heavy (non-hydrogen) atoms. The fourth-order valence-corrected chi connectivity index (χ4v) is 2.79. The van der Waals surface area contributed by atoms with Crippen molar-refractivity contribution in [2.24, 2.45) is 5.41 Å². The van der Waals surface area contributed by atoms with Crippen LogP contribution in [0.4, 0.5) is 0 Å². The minimum absolute atomic E-state index is 0.134. The van der Waals surface area contributed by atoms with Crippen molar-refractivity contribution in [1.82, 2.24) is 0 Å². The largest absolute Gasteiger partial charge is 0.501 e. The Morgan fingerprint density at radius 3 is 1.92 bits per heavy atom. The average molecular weight is 257 g/mol. The Labute approximate surface area is 80.0 Å².